The normalized spacial score (nSPS) is 21.3. The summed E-state index contributed by atoms with van der Waals surface area (Å²) in [5.74, 6) is 1.90. The van der Waals surface area contributed by atoms with Gasteiger partial charge in [-0.3, -0.25) is 0 Å². The molecular formula is C14H25N5O2. The summed E-state index contributed by atoms with van der Waals surface area (Å²) < 4.78 is 5.37. The van der Waals surface area contributed by atoms with Crippen molar-refractivity contribution in [2.45, 2.75) is 33.1 Å². The lowest BCUT2D eigenvalue weighted by Crippen LogP contribution is -2.22. The van der Waals surface area contributed by atoms with Crippen LogP contribution in [-0.2, 0) is 0 Å². The zero-order chi connectivity index (χ0) is 15.1. The molecule has 21 heavy (non-hydrogen) atoms. The van der Waals surface area contributed by atoms with Gasteiger partial charge in [-0.25, -0.2) is 0 Å². The largest absolute Gasteiger partial charge is 0.464 e. The Balaban J connectivity index is 2.00. The average molecular weight is 295 g/mol. The number of hydrogen-bond acceptors (Lipinski definition) is 7. The SMILES string of the molecule is CCNc1nc(NCC2CCCC2CO)nc(OCC)n1. The van der Waals surface area contributed by atoms with Crippen LogP contribution in [-0.4, -0.2) is 46.4 Å². The molecule has 118 valence electrons. The van der Waals surface area contributed by atoms with Crippen molar-refractivity contribution in [3.05, 3.63) is 0 Å². The fraction of sp³-hybridized carbons (Fsp3) is 0.786. The minimum absolute atomic E-state index is 0.260. The Morgan fingerprint density at radius 1 is 1.10 bits per heavy atom. The molecule has 1 aromatic rings. The molecule has 0 saturated heterocycles. The predicted molar refractivity (Wildman–Crippen MR) is 81.6 cm³/mol. The maximum atomic E-state index is 9.36. The quantitative estimate of drug-likeness (QED) is 0.669. The molecule has 1 heterocycles. The molecule has 0 aliphatic heterocycles. The van der Waals surface area contributed by atoms with Crippen molar-refractivity contribution >= 4 is 11.9 Å². The highest BCUT2D eigenvalue weighted by Crippen LogP contribution is 2.31. The molecule has 1 fully saturated rings. The summed E-state index contributed by atoms with van der Waals surface area (Å²) in [5, 5.41) is 15.7. The van der Waals surface area contributed by atoms with E-state index in [1.165, 1.54) is 6.42 Å². The summed E-state index contributed by atoms with van der Waals surface area (Å²) in [6.07, 6.45) is 3.43. The summed E-state index contributed by atoms with van der Waals surface area (Å²) in [5.41, 5.74) is 0. The summed E-state index contributed by atoms with van der Waals surface area (Å²) in [7, 11) is 0. The van der Waals surface area contributed by atoms with Gasteiger partial charge in [-0.2, -0.15) is 15.0 Å². The first-order chi connectivity index (χ1) is 10.3. The fourth-order valence-corrected chi connectivity index (χ4v) is 2.71. The first-order valence-electron chi connectivity index (χ1n) is 7.74. The van der Waals surface area contributed by atoms with Crippen molar-refractivity contribution in [1.29, 1.82) is 0 Å². The van der Waals surface area contributed by atoms with Crippen LogP contribution in [0.1, 0.15) is 33.1 Å². The molecule has 0 radical (unpaired) electrons. The van der Waals surface area contributed by atoms with Gasteiger partial charge in [0.2, 0.25) is 11.9 Å². The Morgan fingerprint density at radius 2 is 1.81 bits per heavy atom. The molecule has 1 saturated carbocycles. The second-order valence-corrected chi connectivity index (χ2v) is 5.24. The first-order valence-corrected chi connectivity index (χ1v) is 7.74. The second-order valence-electron chi connectivity index (χ2n) is 5.24. The molecule has 2 rings (SSSR count). The van der Waals surface area contributed by atoms with Crippen LogP contribution in [0.15, 0.2) is 0 Å². The predicted octanol–water partition coefficient (Wildman–Crippen LogP) is 1.52. The van der Waals surface area contributed by atoms with Gasteiger partial charge < -0.3 is 20.5 Å². The minimum atomic E-state index is 0.260. The summed E-state index contributed by atoms with van der Waals surface area (Å²) in [4.78, 5) is 12.8. The van der Waals surface area contributed by atoms with E-state index in [9.17, 15) is 5.11 Å². The average Bonchev–Trinajstić information content (AvgIpc) is 2.93. The molecule has 0 spiro atoms. The van der Waals surface area contributed by atoms with Gasteiger partial charge in [0, 0.05) is 19.7 Å². The summed E-state index contributed by atoms with van der Waals surface area (Å²) >= 11 is 0. The van der Waals surface area contributed by atoms with E-state index in [1.54, 1.807) is 0 Å². The Hall–Kier alpha value is -1.63. The van der Waals surface area contributed by atoms with Gasteiger partial charge in [-0.05, 0) is 38.5 Å². The van der Waals surface area contributed by atoms with Crippen molar-refractivity contribution in [3.8, 4) is 6.01 Å². The zero-order valence-electron chi connectivity index (χ0n) is 12.8. The van der Waals surface area contributed by atoms with Crippen molar-refractivity contribution in [3.63, 3.8) is 0 Å². The molecule has 3 N–H and O–H groups in total. The number of nitrogens with zero attached hydrogens (tertiary/aromatic N) is 3. The van der Waals surface area contributed by atoms with Gasteiger partial charge >= 0.3 is 6.01 Å². The van der Waals surface area contributed by atoms with Crippen LogP contribution in [0.5, 0.6) is 6.01 Å². The minimum Gasteiger partial charge on any atom is -0.464 e. The molecule has 7 nitrogen and oxygen atoms in total. The number of ether oxygens (including phenoxy) is 1. The Kier molecular flexibility index (Phi) is 5.98. The molecule has 0 aromatic carbocycles. The number of anilines is 2. The van der Waals surface area contributed by atoms with Gasteiger partial charge in [-0.1, -0.05) is 6.42 Å². The Bertz CT molecular complexity index is 419. The third-order valence-electron chi connectivity index (χ3n) is 3.80. The van der Waals surface area contributed by atoms with Gasteiger partial charge in [0.15, 0.2) is 0 Å². The topological polar surface area (TPSA) is 92.2 Å². The highest BCUT2D eigenvalue weighted by molar-refractivity contribution is 5.35. The molecule has 0 bridgehead atoms. The highest BCUT2D eigenvalue weighted by Gasteiger charge is 2.26. The molecule has 0 amide bonds. The van der Waals surface area contributed by atoms with Crippen LogP contribution in [0.25, 0.3) is 0 Å². The number of nitrogens with one attached hydrogen (secondary N) is 2. The van der Waals surface area contributed by atoms with E-state index >= 15 is 0 Å². The van der Waals surface area contributed by atoms with E-state index in [1.807, 2.05) is 13.8 Å². The lowest BCUT2D eigenvalue weighted by atomic mass is 9.97. The Morgan fingerprint density at radius 3 is 2.48 bits per heavy atom. The number of rotatable bonds is 8. The van der Waals surface area contributed by atoms with Crippen molar-refractivity contribution in [2.75, 3.05) is 36.9 Å². The van der Waals surface area contributed by atoms with E-state index in [2.05, 4.69) is 25.6 Å². The first kappa shape index (κ1) is 15.8. The van der Waals surface area contributed by atoms with Crippen molar-refractivity contribution in [2.24, 2.45) is 11.8 Å². The van der Waals surface area contributed by atoms with E-state index in [4.69, 9.17) is 4.74 Å². The highest BCUT2D eigenvalue weighted by atomic mass is 16.5. The van der Waals surface area contributed by atoms with Gasteiger partial charge in [0.1, 0.15) is 0 Å². The second kappa shape index (κ2) is 7.97. The van der Waals surface area contributed by atoms with E-state index in [-0.39, 0.29) is 6.61 Å². The fourth-order valence-electron chi connectivity index (χ4n) is 2.71. The lowest BCUT2D eigenvalue weighted by Gasteiger charge is -2.18. The van der Waals surface area contributed by atoms with Gasteiger partial charge in [-0.15, -0.1) is 0 Å². The molecule has 7 heteroatoms. The monoisotopic (exact) mass is 295 g/mol. The van der Waals surface area contributed by atoms with E-state index < -0.39 is 0 Å². The number of hydrogen-bond donors (Lipinski definition) is 3. The molecule has 1 aliphatic carbocycles. The van der Waals surface area contributed by atoms with Crippen LogP contribution in [0.4, 0.5) is 11.9 Å². The van der Waals surface area contributed by atoms with Crippen LogP contribution < -0.4 is 15.4 Å². The summed E-state index contributed by atoms with van der Waals surface area (Å²) in [6, 6.07) is 0.330. The molecule has 2 atom stereocenters. The standard InChI is InChI=1S/C14H25N5O2/c1-3-15-12-17-13(19-14(18-12)21-4-2)16-8-10-6-5-7-11(10)9-20/h10-11,20H,3-9H2,1-2H3,(H2,15,16,17,18,19). The van der Waals surface area contributed by atoms with Gasteiger partial charge in [0.05, 0.1) is 6.61 Å². The maximum Gasteiger partial charge on any atom is 0.323 e. The van der Waals surface area contributed by atoms with Crippen LogP contribution in [0.2, 0.25) is 0 Å². The van der Waals surface area contributed by atoms with Gasteiger partial charge in [0.25, 0.3) is 0 Å². The molecule has 1 aliphatic rings. The molecule has 2 unspecified atom stereocenters. The van der Waals surface area contributed by atoms with Crippen LogP contribution in [0.3, 0.4) is 0 Å². The maximum absolute atomic E-state index is 9.36. The Labute approximate surface area is 125 Å². The zero-order valence-corrected chi connectivity index (χ0v) is 12.8. The lowest BCUT2D eigenvalue weighted by molar-refractivity contribution is 0.198. The number of aliphatic hydroxyl groups is 1. The van der Waals surface area contributed by atoms with Crippen LogP contribution >= 0.6 is 0 Å². The van der Waals surface area contributed by atoms with E-state index in [0.717, 1.165) is 25.9 Å². The van der Waals surface area contributed by atoms with Crippen molar-refractivity contribution in [1.82, 2.24) is 15.0 Å². The number of aromatic nitrogens is 3. The molecule has 1 aromatic heterocycles. The number of aliphatic hydroxyl groups excluding tert-OH is 1. The van der Waals surface area contributed by atoms with E-state index in [0.29, 0.717) is 36.3 Å². The third-order valence-corrected chi connectivity index (χ3v) is 3.80. The third kappa shape index (κ3) is 4.42. The van der Waals surface area contributed by atoms with Crippen LogP contribution in [0, 0.1) is 11.8 Å². The summed E-state index contributed by atoms with van der Waals surface area (Å²) in [6.45, 7) is 6.17. The van der Waals surface area contributed by atoms with Crippen molar-refractivity contribution < 1.29 is 9.84 Å². The smallest absolute Gasteiger partial charge is 0.323 e. The molecular weight excluding hydrogens is 270 g/mol.